The predicted molar refractivity (Wildman–Crippen MR) is 69.8 cm³/mol. The van der Waals surface area contributed by atoms with E-state index in [0.29, 0.717) is 0 Å². The molecule has 0 aliphatic heterocycles. The van der Waals surface area contributed by atoms with Gasteiger partial charge in [0.1, 0.15) is 5.82 Å². The summed E-state index contributed by atoms with van der Waals surface area (Å²) in [5, 5.41) is 8.55. The molecule has 21 heavy (non-hydrogen) atoms. The van der Waals surface area contributed by atoms with Crippen LogP contribution in [0, 0.1) is 5.82 Å². The first kappa shape index (κ1) is 17.1. The van der Waals surface area contributed by atoms with E-state index >= 15 is 0 Å². The summed E-state index contributed by atoms with van der Waals surface area (Å²) in [4.78, 5) is 21.4. The molecule has 0 aliphatic carbocycles. The number of aliphatic carboxylic acids is 1. The predicted octanol–water partition coefficient (Wildman–Crippen LogP) is 0.708. The lowest BCUT2D eigenvalue weighted by Crippen LogP contribution is -2.29. The number of nitrogens with zero attached hydrogens (tertiary/aromatic N) is 1. The van der Waals surface area contributed by atoms with Crippen LogP contribution in [0.25, 0.3) is 0 Å². The molecule has 1 aromatic carbocycles. The summed E-state index contributed by atoms with van der Waals surface area (Å²) in [6.45, 7) is -0.276. The van der Waals surface area contributed by atoms with E-state index in [1.807, 2.05) is 0 Å². The fourth-order valence-electron chi connectivity index (χ4n) is 1.50. The number of carbonyl (C=O) groups is 2. The van der Waals surface area contributed by atoms with Gasteiger partial charge in [-0.2, -0.15) is 0 Å². The van der Waals surface area contributed by atoms with Gasteiger partial charge in [-0.05, 0) is 18.2 Å². The van der Waals surface area contributed by atoms with Crippen molar-refractivity contribution in [3.63, 3.8) is 0 Å². The van der Waals surface area contributed by atoms with Crippen molar-refractivity contribution in [2.24, 2.45) is 0 Å². The molecule has 0 fully saturated rings. The first-order chi connectivity index (χ1) is 9.68. The molecule has 0 aliphatic rings. The lowest BCUT2D eigenvalue weighted by molar-refractivity contribution is -0.137. The van der Waals surface area contributed by atoms with E-state index in [2.05, 4.69) is 4.74 Å². The summed E-state index contributed by atoms with van der Waals surface area (Å²) in [5.74, 6) is -2.95. The number of carboxylic acid groups (broad SMARTS) is 1. The zero-order valence-corrected chi connectivity index (χ0v) is 12.2. The van der Waals surface area contributed by atoms with Crippen molar-refractivity contribution in [3.8, 4) is 0 Å². The average Bonchev–Trinajstić information content (AvgIpc) is 2.42. The number of esters is 1. The molecule has 0 radical (unpaired) electrons. The number of benzene rings is 1. The third-order valence-electron chi connectivity index (χ3n) is 2.64. The summed E-state index contributed by atoms with van der Waals surface area (Å²) in [5.41, 5.74) is -0.247. The Morgan fingerprint density at radius 1 is 1.33 bits per heavy atom. The summed E-state index contributed by atoms with van der Waals surface area (Å²) in [7, 11) is -1.85. The van der Waals surface area contributed by atoms with Gasteiger partial charge in [-0.1, -0.05) is 0 Å². The van der Waals surface area contributed by atoms with Gasteiger partial charge in [0.2, 0.25) is 10.0 Å². The SMILES string of the molecule is COC(=O)c1cc(F)cc(S(=O)(=O)N(C)CCC(=O)O)c1. The lowest BCUT2D eigenvalue weighted by atomic mass is 10.2. The van der Waals surface area contributed by atoms with Crippen LogP contribution < -0.4 is 0 Å². The van der Waals surface area contributed by atoms with Crippen LogP contribution in [0.1, 0.15) is 16.8 Å². The first-order valence-electron chi connectivity index (χ1n) is 5.75. The molecule has 9 heteroatoms. The number of carbonyl (C=O) groups excluding carboxylic acids is 1. The quantitative estimate of drug-likeness (QED) is 0.775. The smallest absolute Gasteiger partial charge is 0.337 e. The van der Waals surface area contributed by atoms with Crippen LogP contribution in [0.4, 0.5) is 4.39 Å². The monoisotopic (exact) mass is 319 g/mol. The maximum Gasteiger partial charge on any atom is 0.337 e. The fraction of sp³-hybridized carbons (Fsp3) is 0.333. The van der Waals surface area contributed by atoms with Gasteiger partial charge in [0.15, 0.2) is 0 Å². The van der Waals surface area contributed by atoms with E-state index in [1.165, 1.54) is 7.05 Å². The van der Waals surface area contributed by atoms with E-state index < -0.39 is 39.1 Å². The number of hydrogen-bond donors (Lipinski definition) is 1. The highest BCUT2D eigenvalue weighted by Gasteiger charge is 2.23. The maximum absolute atomic E-state index is 13.4. The van der Waals surface area contributed by atoms with Crippen molar-refractivity contribution < 1.29 is 32.2 Å². The zero-order valence-electron chi connectivity index (χ0n) is 11.4. The number of hydrogen-bond acceptors (Lipinski definition) is 5. The first-order valence-corrected chi connectivity index (χ1v) is 7.19. The molecular weight excluding hydrogens is 305 g/mol. The Kier molecular flexibility index (Phi) is 5.39. The molecule has 0 bridgehead atoms. The Morgan fingerprint density at radius 3 is 2.48 bits per heavy atom. The minimum atomic E-state index is -4.10. The number of carboxylic acids is 1. The van der Waals surface area contributed by atoms with Crippen LogP contribution >= 0.6 is 0 Å². The molecule has 1 rings (SSSR count). The van der Waals surface area contributed by atoms with Crippen molar-refractivity contribution in [1.82, 2.24) is 4.31 Å². The number of rotatable bonds is 6. The normalized spacial score (nSPS) is 11.4. The third-order valence-corrected chi connectivity index (χ3v) is 4.48. The summed E-state index contributed by atoms with van der Waals surface area (Å²) >= 11 is 0. The Bertz CT molecular complexity index is 658. The van der Waals surface area contributed by atoms with Crippen LogP contribution in [0.15, 0.2) is 23.1 Å². The van der Waals surface area contributed by atoms with Gasteiger partial charge in [-0.3, -0.25) is 4.79 Å². The van der Waals surface area contributed by atoms with Crippen LogP contribution in [0.2, 0.25) is 0 Å². The molecule has 7 nitrogen and oxygen atoms in total. The molecule has 0 aromatic heterocycles. The Hall–Kier alpha value is -2.00. The number of halogens is 1. The molecular formula is C12H14FNO6S. The molecule has 0 atom stereocenters. The van der Waals surface area contributed by atoms with Crippen LogP contribution in [0.5, 0.6) is 0 Å². The highest BCUT2D eigenvalue weighted by molar-refractivity contribution is 7.89. The van der Waals surface area contributed by atoms with Gasteiger partial charge < -0.3 is 9.84 Å². The summed E-state index contributed by atoms with van der Waals surface area (Å²) < 4.78 is 43.0. The van der Waals surface area contributed by atoms with Crippen molar-refractivity contribution >= 4 is 22.0 Å². The number of methoxy groups -OCH3 is 1. The molecule has 1 aromatic rings. The van der Waals surface area contributed by atoms with E-state index in [9.17, 15) is 22.4 Å². The second-order valence-corrected chi connectivity index (χ2v) is 6.18. The number of sulfonamides is 1. The molecule has 116 valence electrons. The van der Waals surface area contributed by atoms with Gasteiger partial charge in [-0.15, -0.1) is 0 Å². The molecule has 0 unspecified atom stereocenters. The van der Waals surface area contributed by atoms with Crippen molar-refractivity contribution in [2.75, 3.05) is 20.7 Å². The third kappa shape index (κ3) is 4.23. The molecule has 0 heterocycles. The van der Waals surface area contributed by atoms with E-state index in [1.54, 1.807) is 0 Å². The molecule has 1 N–H and O–H groups in total. The van der Waals surface area contributed by atoms with Gasteiger partial charge in [-0.25, -0.2) is 21.9 Å². The van der Waals surface area contributed by atoms with E-state index in [-0.39, 0.29) is 12.1 Å². The standard InChI is InChI=1S/C12H14FNO6S/c1-14(4-3-11(15)16)21(18,19)10-6-8(12(17)20-2)5-9(13)7-10/h5-7H,3-4H2,1-2H3,(H,15,16). The molecule has 0 spiro atoms. The highest BCUT2D eigenvalue weighted by Crippen LogP contribution is 2.19. The largest absolute Gasteiger partial charge is 0.481 e. The molecule has 0 amide bonds. The Labute approximate surface area is 121 Å². The van der Waals surface area contributed by atoms with E-state index in [4.69, 9.17) is 5.11 Å². The summed E-state index contributed by atoms with van der Waals surface area (Å²) in [6, 6.07) is 2.57. The summed E-state index contributed by atoms with van der Waals surface area (Å²) in [6.07, 6.45) is -0.394. The second-order valence-electron chi connectivity index (χ2n) is 4.14. The van der Waals surface area contributed by atoms with Crippen LogP contribution in [-0.4, -0.2) is 50.5 Å². The van der Waals surface area contributed by atoms with Crippen LogP contribution in [0.3, 0.4) is 0 Å². The van der Waals surface area contributed by atoms with Gasteiger partial charge in [0.25, 0.3) is 0 Å². The Morgan fingerprint density at radius 2 is 1.95 bits per heavy atom. The van der Waals surface area contributed by atoms with Gasteiger partial charge >= 0.3 is 11.9 Å². The minimum Gasteiger partial charge on any atom is -0.481 e. The Balaban J connectivity index is 3.16. The number of ether oxygens (including phenoxy) is 1. The van der Waals surface area contributed by atoms with Gasteiger partial charge in [0.05, 0.1) is 24.0 Å². The maximum atomic E-state index is 13.4. The zero-order chi connectivity index (χ0) is 16.2. The molecule has 0 saturated carbocycles. The lowest BCUT2D eigenvalue weighted by Gasteiger charge is -2.16. The minimum absolute atomic E-state index is 0.247. The van der Waals surface area contributed by atoms with E-state index in [0.717, 1.165) is 29.6 Å². The average molecular weight is 319 g/mol. The fourth-order valence-corrected chi connectivity index (χ4v) is 2.73. The molecule has 0 saturated heterocycles. The van der Waals surface area contributed by atoms with Crippen molar-refractivity contribution in [3.05, 3.63) is 29.6 Å². The topological polar surface area (TPSA) is 101 Å². The van der Waals surface area contributed by atoms with Crippen molar-refractivity contribution in [1.29, 1.82) is 0 Å². The van der Waals surface area contributed by atoms with Gasteiger partial charge in [0, 0.05) is 13.6 Å². The van der Waals surface area contributed by atoms with Crippen molar-refractivity contribution in [2.45, 2.75) is 11.3 Å². The van der Waals surface area contributed by atoms with Crippen LogP contribution in [-0.2, 0) is 19.6 Å². The highest BCUT2D eigenvalue weighted by atomic mass is 32.2. The second kappa shape index (κ2) is 6.64.